The lowest BCUT2D eigenvalue weighted by atomic mass is 9.92. The zero-order valence-electron chi connectivity index (χ0n) is 26.7. The van der Waals surface area contributed by atoms with Gasteiger partial charge < -0.3 is 9.13 Å². The average molecular weight is 636 g/mol. The molecule has 0 saturated heterocycles. The maximum atomic E-state index is 10.6. The van der Waals surface area contributed by atoms with E-state index in [1.807, 2.05) is 47.0 Å². The van der Waals surface area contributed by atoms with Crippen LogP contribution in [0.25, 0.3) is 77.2 Å². The van der Waals surface area contributed by atoms with Crippen molar-refractivity contribution < 1.29 is 0 Å². The fourth-order valence-electron chi connectivity index (χ4n) is 7.46. The minimum atomic E-state index is 0.499. The molecule has 7 aromatic carbocycles. The van der Waals surface area contributed by atoms with E-state index in [0.29, 0.717) is 22.4 Å². The van der Waals surface area contributed by atoms with Crippen molar-refractivity contribution in [3.05, 3.63) is 168 Å². The minimum Gasteiger partial charge on any atom is -0.309 e. The van der Waals surface area contributed by atoms with Crippen molar-refractivity contribution in [2.24, 2.45) is 0 Å². The van der Waals surface area contributed by atoms with Crippen molar-refractivity contribution in [1.82, 2.24) is 9.13 Å². The Bertz CT molecular complexity index is 2920. The zero-order valence-corrected chi connectivity index (χ0v) is 26.7. The summed E-state index contributed by atoms with van der Waals surface area (Å²) in [5.41, 5.74) is 11.4. The summed E-state index contributed by atoms with van der Waals surface area (Å²) in [6, 6.07) is 57.9. The lowest BCUT2D eigenvalue weighted by Gasteiger charge is -2.18. The quantitative estimate of drug-likeness (QED) is 0.193. The number of rotatable bonds is 4. The first-order valence-electron chi connectivity index (χ1n) is 16.3. The summed E-state index contributed by atoms with van der Waals surface area (Å²) in [5, 5.41) is 34.2. The maximum Gasteiger partial charge on any atom is 0.101 e. The van der Waals surface area contributed by atoms with Gasteiger partial charge in [0.2, 0.25) is 0 Å². The lowest BCUT2D eigenvalue weighted by molar-refractivity contribution is 1.17. The maximum absolute atomic E-state index is 10.6. The summed E-state index contributed by atoms with van der Waals surface area (Å²) in [5.74, 6) is 0. The summed E-state index contributed by atoms with van der Waals surface area (Å²) in [4.78, 5) is 0. The van der Waals surface area contributed by atoms with Crippen LogP contribution < -0.4 is 0 Å². The largest absolute Gasteiger partial charge is 0.309 e. The van der Waals surface area contributed by atoms with Crippen LogP contribution in [0.5, 0.6) is 0 Å². The van der Waals surface area contributed by atoms with Crippen molar-refractivity contribution in [2.75, 3.05) is 0 Å². The molecule has 0 unspecified atom stereocenters. The van der Waals surface area contributed by atoms with E-state index in [4.69, 9.17) is 0 Å². The lowest BCUT2D eigenvalue weighted by Crippen LogP contribution is -1.99. The second-order valence-corrected chi connectivity index (χ2v) is 12.3. The van der Waals surface area contributed by atoms with Gasteiger partial charge in [0.05, 0.1) is 62.3 Å². The predicted molar refractivity (Wildman–Crippen MR) is 200 cm³/mol. The fourth-order valence-corrected chi connectivity index (χ4v) is 7.46. The molecule has 0 radical (unpaired) electrons. The van der Waals surface area contributed by atoms with Gasteiger partial charge in [-0.3, -0.25) is 0 Å². The Kier molecular flexibility index (Phi) is 6.56. The Morgan fingerprint density at radius 3 is 1.64 bits per heavy atom. The molecule has 0 N–H and O–H groups in total. The molecule has 2 aromatic heterocycles. The molecule has 0 amide bonds. The first kappa shape index (κ1) is 28.8. The van der Waals surface area contributed by atoms with Crippen molar-refractivity contribution in [3.8, 4) is 51.8 Å². The number of hydrogen-bond acceptors (Lipinski definition) is 3. The molecule has 0 aliphatic heterocycles. The van der Waals surface area contributed by atoms with E-state index in [0.717, 1.165) is 60.8 Å². The second kappa shape index (κ2) is 11.4. The highest BCUT2D eigenvalue weighted by Gasteiger charge is 2.20. The Hall–Kier alpha value is -7.39. The standard InChI is InChI=1S/C45H25N5/c46-26-29-18-21-44-39(23-29)38-20-17-30(27-47)24-45(38)49(44)40-22-19-31(25-32(40)28-48)33-9-1-2-10-34(33)35-11-3-6-14-41(35)50-42-15-7-4-12-36(42)37-13-5-8-16-43(37)50/h1-25H. The molecule has 0 aliphatic carbocycles. The summed E-state index contributed by atoms with van der Waals surface area (Å²) >= 11 is 0. The third-order valence-corrected chi connectivity index (χ3v) is 9.64. The zero-order chi connectivity index (χ0) is 33.8. The van der Waals surface area contributed by atoms with Crippen LogP contribution in [0.4, 0.5) is 0 Å². The first-order chi connectivity index (χ1) is 24.7. The van der Waals surface area contributed by atoms with E-state index in [1.54, 1.807) is 12.1 Å². The van der Waals surface area contributed by atoms with Crippen LogP contribution in [-0.2, 0) is 0 Å². The summed E-state index contributed by atoms with van der Waals surface area (Å²) in [6.07, 6.45) is 0. The van der Waals surface area contributed by atoms with Crippen molar-refractivity contribution in [1.29, 1.82) is 15.8 Å². The van der Waals surface area contributed by atoms with E-state index < -0.39 is 0 Å². The fraction of sp³-hybridized carbons (Fsp3) is 0. The Morgan fingerprint density at radius 2 is 0.920 bits per heavy atom. The van der Waals surface area contributed by atoms with Gasteiger partial charge in [-0.05, 0) is 77.4 Å². The van der Waals surface area contributed by atoms with Crippen molar-refractivity contribution in [3.63, 3.8) is 0 Å². The number of benzene rings is 7. The molecule has 0 spiro atoms. The van der Waals surface area contributed by atoms with E-state index in [9.17, 15) is 15.8 Å². The van der Waals surface area contributed by atoms with E-state index in [-0.39, 0.29) is 0 Å². The molecule has 0 fully saturated rings. The number of aromatic nitrogens is 2. The molecular weight excluding hydrogens is 611 g/mol. The van der Waals surface area contributed by atoms with Crippen molar-refractivity contribution in [2.45, 2.75) is 0 Å². The molecule has 0 aliphatic rings. The van der Waals surface area contributed by atoms with Gasteiger partial charge >= 0.3 is 0 Å². The molecule has 2 heterocycles. The van der Waals surface area contributed by atoms with E-state index in [2.05, 4.69) is 120 Å². The number of para-hydroxylation sites is 3. The van der Waals surface area contributed by atoms with Crippen molar-refractivity contribution >= 4 is 43.6 Å². The van der Waals surface area contributed by atoms with Gasteiger partial charge in [0.15, 0.2) is 0 Å². The van der Waals surface area contributed by atoms with Crippen LogP contribution in [-0.4, -0.2) is 9.13 Å². The molecule has 50 heavy (non-hydrogen) atoms. The Labute approximate surface area is 287 Å². The Balaban J connectivity index is 1.25. The molecule has 0 atom stereocenters. The highest BCUT2D eigenvalue weighted by atomic mass is 15.0. The van der Waals surface area contributed by atoms with Gasteiger partial charge in [0, 0.05) is 27.1 Å². The molecular formula is C45H25N5. The smallest absolute Gasteiger partial charge is 0.101 e. The van der Waals surface area contributed by atoms with Gasteiger partial charge in [-0.25, -0.2) is 0 Å². The topological polar surface area (TPSA) is 81.2 Å². The average Bonchev–Trinajstić information content (AvgIpc) is 3.69. The Morgan fingerprint density at radius 1 is 0.360 bits per heavy atom. The van der Waals surface area contributed by atoms with Gasteiger partial charge in [-0.15, -0.1) is 0 Å². The number of fused-ring (bicyclic) bond motifs is 6. The molecule has 0 bridgehead atoms. The third kappa shape index (κ3) is 4.31. The molecule has 9 aromatic rings. The van der Waals surface area contributed by atoms with Gasteiger partial charge in [-0.2, -0.15) is 15.8 Å². The van der Waals surface area contributed by atoms with Gasteiger partial charge in [0.25, 0.3) is 0 Å². The minimum absolute atomic E-state index is 0.499. The highest BCUT2D eigenvalue weighted by molar-refractivity contribution is 6.11. The van der Waals surface area contributed by atoms with Crippen LogP contribution in [0, 0.1) is 34.0 Å². The van der Waals surface area contributed by atoms with E-state index in [1.165, 1.54) is 10.8 Å². The highest BCUT2D eigenvalue weighted by Crippen LogP contribution is 2.41. The molecule has 230 valence electrons. The summed E-state index contributed by atoms with van der Waals surface area (Å²) < 4.78 is 4.37. The van der Waals surface area contributed by atoms with Crippen LogP contribution >= 0.6 is 0 Å². The van der Waals surface area contributed by atoms with Gasteiger partial charge in [-0.1, -0.05) is 91.0 Å². The molecule has 5 nitrogen and oxygen atoms in total. The predicted octanol–water partition coefficient (Wildman–Crippen LogP) is 10.8. The normalized spacial score (nSPS) is 11.1. The third-order valence-electron chi connectivity index (χ3n) is 9.64. The first-order valence-corrected chi connectivity index (χ1v) is 16.3. The monoisotopic (exact) mass is 635 g/mol. The van der Waals surface area contributed by atoms with E-state index >= 15 is 0 Å². The molecule has 5 heteroatoms. The van der Waals surface area contributed by atoms with Gasteiger partial charge in [0.1, 0.15) is 6.07 Å². The van der Waals surface area contributed by atoms with Crippen LogP contribution in [0.1, 0.15) is 16.7 Å². The second-order valence-electron chi connectivity index (χ2n) is 12.3. The summed E-state index contributed by atoms with van der Waals surface area (Å²) in [7, 11) is 0. The molecule has 9 rings (SSSR count). The molecule has 0 saturated carbocycles. The number of nitriles is 3. The summed E-state index contributed by atoms with van der Waals surface area (Å²) in [6.45, 7) is 0. The van der Waals surface area contributed by atoms with Crippen LogP contribution in [0.3, 0.4) is 0 Å². The SMILES string of the molecule is N#Cc1ccc2c(c1)c1ccc(C#N)cc1n2-c1ccc(-c2ccccc2-c2ccccc2-n2c3ccccc3c3ccccc32)cc1C#N. The van der Waals surface area contributed by atoms with Crippen LogP contribution in [0.15, 0.2) is 152 Å². The number of nitrogens with zero attached hydrogens (tertiary/aromatic N) is 5. The van der Waals surface area contributed by atoms with Crippen LogP contribution in [0.2, 0.25) is 0 Å². The number of hydrogen-bond donors (Lipinski definition) is 0.